The van der Waals surface area contributed by atoms with E-state index in [4.69, 9.17) is 4.74 Å². The highest BCUT2D eigenvalue weighted by atomic mass is 79.9. The second-order valence-corrected chi connectivity index (χ2v) is 5.02. The van der Waals surface area contributed by atoms with Crippen LogP contribution in [0.4, 0.5) is 0 Å². The van der Waals surface area contributed by atoms with Gasteiger partial charge in [-0.3, -0.25) is 4.79 Å². The maximum atomic E-state index is 11.4. The third-order valence-corrected chi connectivity index (χ3v) is 3.07. The largest absolute Gasteiger partial charge is 0.496 e. The number of hydrogen-bond donors (Lipinski definition) is 1. The maximum Gasteiger partial charge on any atom is 0.222 e. The van der Waals surface area contributed by atoms with Crippen molar-refractivity contribution in [2.24, 2.45) is 5.92 Å². The summed E-state index contributed by atoms with van der Waals surface area (Å²) in [5.74, 6) is 0.954. The second-order valence-electron chi connectivity index (χ2n) is 4.16. The lowest BCUT2D eigenvalue weighted by molar-refractivity contribution is -0.123. The molecule has 0 saturated heterocycles. The molecule has 1 amide bonds. The summed E-state index contributed by atoms with van der Waals surface area (Å²) < 4.78 is 6.10. The molecule has 0 aliphatic rings. The van der Waals surface area contributed by atoms with Crippen molar-refractivity contribution in [1.29, 1.82) is 0 Å². The molecule has 0 unspecified atom stereocenters. The Balaban J connectivity index is 2.47. The first-order chi connectivity index (χ1) is 8.04. The topological polar surface area (TPSA) is 38.3 Å². The lowest BCUT2D eigenvalue weighted by atomic mass is 10.1. The van der Waals surface area contributed by atoms with E-state index < -0.39 is 0 Å². The van der Waals surface area contributed by atoms with Crippen molar-refractivity contribution >= 4 is 21.8 Å². The number of methoxy groups -OCH3 is 1. The molecule has 17 heavy (non-hydrogen) atoms. The Hall–Kier alpha value is -1.03. The van der Waals surface area contributed by atoms with Crippen LogP contribution in [0.25, 0.3) is 0 Å². The fourth-order valence-corrected chi connectivity index (χ4v) is 1.99. The van der Waals surface area contributed by atoms with Crippen molar-refractivity contribution in [2.45, 2.75) is 20.3 Å². The summed E-state index contributed by atoms with van der Waals surface area (Å²) >= 11 is 3.44. The van der Waals surface area contributed by atoms with Gasteiger partial charge in [-0.15, -0.1) is 0 Å². The Morgan fingerprint density at radius 1 is 1.47 bits per heavy atom. The van der Waals surface area contributed by atoms with Gasteiger partial charge in [0.15, 0.2) is 0 Å². The first-order valence-corrected chi connectivity index (χ1v) is 6.44. The summed E-state index contributed by atoms with van der Waals surface area (Å²) in [5.41, 5.74) is 1.17. The number of carbonyl (C=O) groups is 1. The van der Waals surface area contributed by atoms with Gasteiger partial charge in [0.25, 0.3) is 0 Å². The zero-order valence-corrected chi connectivity index (χ0v) is 12.0. The van der Waals surface area contributed by atoms with Crippen LogP contribution in [0.15, 0.2) is 22.7 Å². The lowest BCUT2D eigenvalue weighted by Gasteiger charge is -2.09. The number of benzene rings is 1. The van der Waals surface area contributed by atoms with E-state index in [0.29, 0.717) is 6.54 Å². The van der Waals surface area contributed by atoms with Gasteiger partial charge in [-0.1, -0.05) is 19.9 Å². The maximum absolute atomic E-state index is 11.4. The molecule has 1 rings (SSSR count). The van der Waals surface area contributed by atoms with Crippen molar-refractivity contribution < 1.29 is 9.53 Å². The van der Waals surface area contributed by atoms with E-state index >= 15 is 0 Å². The number of amides is 1. The third kappa shape index (κ3) is 4.38. The van der Waals surface area contributed by atoms with Crippen molar-refractivity contribution in [2.75, 3.05) is 13.7 Å². The van der Waals surface area contributed by atoms with E-state index in [1.54, 1.807) is 7.11 Å². The van der Waals surface area contributed by atoms with E-state index in [2.05, 4.69) is 21.2 Å². The highest BCUT2D eigenvalue weighted by Gasteiger charge is 2.06. The quantitative estimate of drug-likeness (QED) is 0.908. The van der Waals surface area contributed by atoms with Crippen molar-refractivity contribution in [3.63, 3.8) is 0 Å². The molecule has 0 aromatic heterocycles. The smallest absolute Gasteiger partial charge is 0.222 e. The van der Waals surface area contributed by atoms with E-state index in [9.17, 15) is 4.79 Å². The standard InChI is InChI=1S/C13H18BrNO2/c1-9(2)13(16)15-7-6-10-4-5-12(17-3)11(14)8-10/h4-5,8-9H,6-7H2,1-3H3,(H,15,16). The lowest BCUT2D eigenvalue weighted by Crippen LogP contribution is -2.29. The zero-order valence-electron chi connectivity index (χ0n) is 10.4. The minimum absolute atomic E-state index is 0.0394. The predicted molar refractivity (Wildman–Crippen MR) is 72.2 cm³/mol. The molecule has 0 saturated carbocycles. The normalized spacial score (nSPS) is 10.4. The first kappa shape index (κ1) is 14.0. The van der Waals surface area contributed by atoms with Crippen LogP contribution in [-0.2, 0) is 11.2 Å². The van der Waals surface area contributed by atoms with Crippen LogP contribution in [0.1, 0.15) is 19.4 Å². The monoisotopic (exact) mass is 299 g/mol. The Kier molecular flexibility index (Phi) is 5.48. The molecule has 0 bridgehead atoms. The summed E-state index contributed by atoms with van der Waals surface area (Å²) in [7, 11) is 1.64. The molecule has 1 N–H and O–H groups in total. The molecule has 0 aliphatic heterocycles. The number of carbonyl (C=O) groups excluding carboxylic acids is 1. The van der Waals surface area contributed by atoms with E-state index in [-0.39, 0.29) is 11.8 Å². The number of rotatable bonds is 5. The van der Waals surface area contributed by atoms with Crippen LogP contribution in [0.2, 0.25) is 0 Å². The fourth-order valence-electron chi connectivity index (χ4n) is 1.40. The van der Waals surface area contributed by atoms with Gasteiger partial charge in [-0.05, 0) is 40.0 Å². The SMILES string of the molecule is COc1ccc(CCNC(=O)C(C)C)cc1Br. The molecular formula is C13H18BrNO2. The summed E-state index contributed by atoms with van der Waals surface area (Å²) in [6.07, 6.45) is 0.820. The molecule has 0 radical (unpaired) electrons. The van der Waals surface area contributed by atoms with Gasteiger partial charge in [0, 0.05) is 12.5 Å². The molecular weight excluding hydrogens is 282 g/mol. The number of halogens is 1. The molecule has 0 aliphatic carbocycles. The van der Waals surface area contributed by atoms with Gasteiger partial charge < -0.3 is 10.1 Å². The van der Waals surface area contributed by atoms with Crippen molar-refractivity contribution in [1.82, 2.24) is 5.32 Å². The Morgan fingerprint density at radius 2 is 2.18 bits per heavy atom. The van der Waals surface area contributed by atoms with Crippen LogP contribution in [-0.4, -0.2) is 19.6 Å². The van der Waals surface area contributed by atoms with Crippen LogP contribution in [0.3, 0.4) is 0 Å². The molecule has 94 valence electrons. The molecule has 1 aromatic carbocycles. The fraction of sp³-hybridized carbons (Fsp3) is 0.462. The number of ether oxygens (including phenoxy) is 1. The summed E-state index contributed by atoms with van der Waals surface area (Å²) in [5, 5.41) is 2.89. The molecule has 0 heterocycles. The van der Waals surface area contributed by atoms with Crippen LogP contribution in [0.5, 0.6) is 5.75 Å². The van der Waals surface area contributed by atoms with Crippen molar-refractivity contribution in [3.05, 3.63) is 28.2 Å². The number of hydrogen-bond acceptors (Lipinski definition) is 2. The summed E-state index contributed by atoms with van der Waals surface area (Å²) in [6.45, 7) is 4.44. The zero-order chi connectivity index (χ0) is 12.8. The Labute approximate surface area is 111 Å². The van der Waals surface area contributed by atoms with Gasteiger partial charge in [-0.25, -0.2) is 0 Å². The first-order valence-electron chi connectivity index (χ1n) is 5.64. The Morgan fingerprint density at radius 3 is 2.71 bits per heavy atom. The Bertz CT molecular complexity index is 391. The van der Waals surface area contributed by atoms with Gasteiger partial charge in [-0.2, -0.15) is 0 Å². The van der Waals surface area contributed by atoms with Crippen LogP contribution >= 0.6 is 15.9 Å². The molecule has 1 aromatic rings. The molecule has 0 atom stereocenters. The molecule has 0 fully saturated rings. The molecule has 4 heteroatoms. The molecule has 3 nitrogen and oxygen atoms in total. The van der Waals surface area contributed by atoms with Gasteiger partial charge in [0.1, 0.15) is 5.75 Å². The highest BCUT2D eigenvalue weighted by Crippen LogP contribution is 2.25. The minimum atomic E-state index is 0.0394. The van der Waals surface area contributed by atoms with E-state index in [0.717, 1.165) is 16.6 Å². The predicted octanol–water partition coefficient (Wildman–Crippen LogP) is 2.77. The third-order valence-electron chi connectivity index (χ3n) is 2.45. The second kappa shape index (κ2) is 6.64. The minimum Gasteiger partial charge on any atom is -0.496 e. The number of nitrogens with one attached hydrogen (secondary N) is 1. The summed E-state index contributed by atoms with van der Waals surface area (Å²) in [6, 6.07) is 5.94. The van der Waals surface area contributed by atoms with Gasteiger partial charge >= 0.3 is 0 Å². The van der Waals surface area contributed by atoms with Crippen LogP contribution in [0, 0.1) is 5.92 Å². The van der Waals surface area contributed by atoms with E-state index in [1.807, 2.05) is 32.0 Å². The average molecular weight is 300 g/mol. The van der Waals surface area contributed by atoms with Crippen molar-refractivity contribution in [3.8, 4) is 5.75 Å². The molecule has 0 spiro atoms. The summed E-state index contributed by atoms with van der Waals surface area (Å²) in [4.78, 5) is 11.4. The van der Waals surface area contributed by atoms with Gasteiger partial charge in [0.2, 0.25) is 5.91 Å². The van der Waals surface area contributed by atoms with Crippen LogP contribution < -0.4 is 10.1 Å². The highest BCUT2D eigenvalue weighted by molar-refractivity contribution is 9.10. The average Bonchev–Trinajstić information content (AvgIpc) is 2.29. The van der Waals surface area contributed by atoms with Gasteiger partial charge in [0.05, 0.1) is 11.6 Å². The van der Waals surface area contributed by atoms with E-state index in [1.165, 1.54) is 5.56 Å².